The highest BCUT2D eigenvalue weighted by Crippen LogP contribution is 2.64. The Morgan fingerprint density at radius 2 is 1.90 bits per heavy atom. The topological polar surface area (TPSA) is 99.7 Å². The monoisotopic (exact) mass is 603 g/mol. The third-order valence-corrected chi connectivity index (χ3v) is 10.5. The van der Waals surface area contributed by atoms with Crippen molar-refractivity contribution < 1.29 is 23.8 Å². The Morgan fingerprint density at radius 3 is 2.59 bits per heavy atom. The summed E-state index contributed by atoms with van der Waals surface area (Å²) >= 11 is 12.7. The van der Waals surface area contributed by atoms with Crippen LogP contribution in [-0.4, -0.2) is 53.9 Å². The molecule has 41 heavy (non-hydrogen) atoms. The van der Waals surface area contributed by atoms with E-state index >= 15 is 4.39 Å². The van der Waals surface area contributed by atoms with Gasteiger partial charge in [0, 0.05) is 22.2 Å². The van der Waals surface area contributed by atoms with Crippen molar-refractivity contribution in [2.24, 2.45) is 5.41 Å². The number of aliphatic hydroxyl groups is 1. The molecule has 4 N–H and O–H groups in total. The van der Waals surface area contributed by atoms with Gasteiger partial charge in [-0.3, -0.25) is 14.9 Å². The Kier molecular flexibility index (Phi) is 7.39. The highest BCUT2D eigenvalue weighted by molar-refractivity contribution is 6.31. The molecule has 3 aliphatic heterocycles. The number of hydrogen-bond donors (Lipinski definition) is 4. The van der Waals surface area contributed by atoms with E-state index in [1.807, 2.05) is 6.07 Å². The third-order valence-electron chi connectivity index (χ3n) is 9.98. The molecule has 2 spiro atoms. The molecule has 7 nitrogen and oxygen atoms in total. The number of ether oxygens (including phenoxy) is 1. The molecular formula is C31H36Cl2FN3O4. The van der Waals surface area contributed by atoms with Gasteiger partial charge in [-0.15, -0.1) is 0 Å². The van der Waals surface area contributed by atoms with Crippen molar-refractivity contribution in [1.82, 2.24) is 10.6 Å². The highest BCUT2D eigenvalue weighted by atomic mass is 35.5. The fraction of sp³-hybridized carbons (Fsp3) is 0.548. The Morgan fingerprint density at radius 1 is 1.15 bits per heavy atom. The molecule has 3 heterocycles. The predicted octanol–water partition coefficient (Wildman–Crippen LogP) is 5.07. The summed E-state index contributed by atoms with van der Waals surface area (Å²) < 4.78 is 21.7. The molecule has 6 rings (SSSR count). The minimum absolute atomic E-state index is 0.0614. The van der Waals surface area contributed by atoms with Crippen LogP contribution in [0.1, 0.15) is 69.4 Å². The van der Waals surface area contributed by atoms with Crippen molar-refractivity contribution in [2.75, 3.05) is 18.5 Å². The van der Waals surface area contributed by atoms with Crippen LogP contribution < -0.4 is 16.0 Å². The van der Waals surface area contributed by atoms with E-state index in [2.05, 4.69) is 29.8 Å². The van der Waals surface area contributed by atoms with E-state index < -0.39 is 28.7 Å². The maximum atomic E-state index is 16.0. The summed E-state index contributed by atoms with van der Waals surface area (Å²) in [6.07, 6.45) is 3.93. The number of hydrogen-bond acceptors (Lipinski definition) is 5. The second-order valence-electron chi connectivity index (χ2n) is 12.9. The maximum Gasteiger partial charge on any atom is 0.238 e. The number of aliphatic hydroxyl groups excluding tert-OH is 1. The molecule has 0 aromatic heterocycles. The summed E-state index contributed by atoms with van der Waals surface area (Å²) in [6, 6.07) is 8.90. The lowest BCUT2D eigenvalue weighted by Crippen LogP contribution is -2.61. The number of carbonyl (C=O) groups excluding carboxylic acids is 2. The van der Waals surface area contributed by atoms with Gasteiger partial charge in [0.1, 0.15) is 11.2 Å². The fourth-order valence-corrected chi connectivity index (χ4v) is 8.12. The van der Waals surface area contributed by atoms with Crippen LogP contribution in [0.15, 0.2) is 36.4 Å². The first-order valence-electron chi connectivity index (χ1n) is 14.4. The van der Waals surface area contributed by atoms with E-state index in [4.69, 9.17) is 27.9 Å². The van der Waals surface area contributed by atoms with Crippen LogP contribution in [0.5, 0.6) is 0 Å². The number of halogens is 3. The molecule has 1 unspecified atom stereocenters. The maximum absolute atomic E-state index is 16.0. The largest absolute Gasteiger partial charge is 0.394 e. The van der Waals surface area contributed by atoms with Crippen LogP contribution in [0.2, 0.25) is 10.0 Å². The number of carbonyl (C=O) groups is 2. The predicted molar refractivity (Wildman–Crippen MR) is 156 cm³/mol. The van der Waals surface area contributed by atoms with Gasteiger partial charge in [-0.25, -0.2) is 4.39 Å². The quantitative estimate of drug-likeness (QED) is 0.391. The zero-order chi connectivity index (χ0) is 29.2. The van der Waals surface area contributed by atoms with E-state index in [9.17, 15) is 14.7 Å². The van der Waals surface area contributed by atoms with Gasteiger partial charge in [0.25, 0.3) is 0 Å². The van der Waals surface area contributed by atoms with E-state index in [0.717, 1.165) is 12.8 Å². The minimum atomic E-state index is -1.29. The number of benzene rings is 2. The molecule has 1 saturated carbocycles. The number of nitrogens with one attached hydrogen (secondary N) is 3. The van der Waals surface area contributed by atoms with E-state index in [0.29, 0.717) is 42.0 Å². The second-order valence-corrected chi connectivity index (χ2v) is 13.7. The third kappa shape index (κ3) is 4.58. The SMILES string of the molecule is CC1(C)CCC2(CC1)NC(C(=O)N[C@@H]1CC[C@@H](CO)OC1)[C@H](c1cccc(Cl)c1F)[C@]21C(=O)Nc2cc(Cl)ccc21. The molecular weight excluding hydrogens is 568 g/mol. The van der Waals surface area contributed by atoms with Crippen LogP contribution in [0.4, 0.5) is 10.1 Å². The van der Waals surface area contributed by atoms with Gasteiger partial charge in [0.2, 0.25) is 11.8 Å². The zero-order valence-electron chi connectivity index (χ0n) is 23.2. The normalized spacial score (nSPS) is 31.7. The first-order valence-corrected chi connectivity index (χ1v) is 15.1. The summed E-state index contributed by atoms with van der Waals surface area (Å²) in [4.78, 5) is 28.7. The highest BCUT2D eigenvalue weighted by Gasteiger charge is 2.73. The molecule has 3 fully saturated rings. The lowest BCUT2D eigenvalue weighted by Gasteiger charge is -2.50. The average Bonchev–Trinajstić information content (AvgIpc) is 3.40. The Labute approximate surface area is 249 Å². The van der Waals surface area contributed by atoms with Crippen molar-refractivity contribution in [3.63, 3.8) is 0 Å². The van der Waals surface area contributed by atoms with Crippen LogP contribution in [0.25, 0.3) is 0 Å². The zero-order valence-corrected chi connectivity index (χ0v) is 24.7. The van der Waals surface area contributed by atoms with Gasteiger partial charge >= 0.3 is 0 Å². The van der Waals surface area contributed by atoms with Gasteiger partial charge in [-0.05, 0) is 73.3 Å². The minimum Gasteiger partial charge on any atom is -0.394 e. The fourth-order valence-electron chi connectivity index (χ4n) is 7.77. The summed E-state index contributed by atoms with van der Waals surface area (Å²) in [5, 5.41) is 19.7. The van der Waals surface area contributed by atoms with Gasteiger partial charge in [-0.1, -0.05) is 55.2 Å². The Balaban J connectivity index is 1.51. The molecule has 4 aliphatic rings. The molecule has 2 aromatic rings. The first kappa shape index (κ1) is 28.9. The Hall–Kier alpha value is -2.23. The molecule has 0 radical (unpaired) electrons. The summed E-state index contributed by atoms with van der Waals surface area (Å²) in [6.45, 7) is 4.63. The van der Waals surface area contributed by atoms with Gasteiger partial charge in [0.05, 0.1) is 36.4 Å². The summed E-state index contributed by atoms with van der Waals surface area (Å²) in [5.74, 6) is -2.11. The lowest BCUT2D eigenvalue weighted by atomic mass is 9.53. The standard InChI is InChI=1S/C31H36Cl2FN3O4/c1-29(2)10-12-30(13-11-29)31(21-9-6-17(32)14-23(21)36-28(31)40)24(20-4-3-5-22(33)25(20)34)26(37-30)27(39)35-18-7-8-19(15-38)41-16-18/h3-6,9,14,18-19,24,26,37-38H,7-8,10-13,15-16H2,1-2H3,(H,35,39)(H,36,40)/t18-,19+,24+,26?,31-/m1/s1. The Bertz CT molecular complexity index is 1370. The van der Waals surface area contributed by atoms with Crippen LogP contribution in [0, 0.1) is 11.2 Å². The number of amides is 2. The molecule has 1 aliphatic carbocycles. The van der Waals surface area contributed by atoms with Crippen LogP contribution in [0.3, 0.4) is 0 Å². The van der Waals surface area contributed by atoms with Crippen molar-refractivity contribution in [3.05, 3.63) is 63.4 Å². The summed E-state index contributed by atoms with van der Waals surface area (Å²) in [7, 11) is 0. The van der Waals surface area contributed by atoms with Crippen molar-refractivity contribution in [1.29, 1.82) is 0 Å². The second kappa shape index (κ2) is 10.5. The molecule has 5 atom stereocenters. The van der Waals surface area contributed by atoms with Gasteiger partial charge in [0.15, 0.2) is 0 Å². The summed E-state index contributed by atoms with van der Waals surface area (Å²) in [5.41, 5.74) is -0.528. The number of rotatable bonds is 4. The van der Waals surface area contributed by atoms with Crippen LogP contribution >= 0.6 is 23.2 Å². The molecule has 2 saturated heterocycles. The first-order chi connectivity index (χ1) is 19.5. The van der Waals surface area contributed by atoms with E-state index in [-0.39, 0.29) is 53.2 Å². The molecule has 10 heteroatoms. The number of anilines is 1. The van der Waals surface area contributed by atoms with Crippen molar-refractivity contribution in [2.45, 2.75) is 87.4 Å². The van der Waals surface area contributed by atoms with Crippen molar-refractivity contribution in [3.8, 4) is 0 Å². The van der Waals surface area contributed by atoms with Crippen molar-refractivity contribution >= 4 is 40.7 Å². The van der Waals surface area contributed by atoms with Gasteiger partial charge in [-0.2, -0.15) is 0 Å². The molecule has 0 bridgehead atoms. The van der Waals surface area contributed by atoms with E-state index in [1.54, 1.807) is 24.3 Å². The smallest absolute Gasteiger partial charge is 0.238 e. The molecule has 2 amide bonds. The van der Waals surface area contributed by atoms with Gasteiger partial charge < -0.3 is 20.5 Å². The van der Waals surface area contributed by atoms with E-state index in [1.165, 1.54) is 6.07 Å². The molecule has 220 valence electrons. The van der Waals surface area contributed by atoms with Crippen LogP contribution in [-0.2, 0) is 19.7 Å². The average molecular weight is 605 g/mol. The molecule has 2 aromatic carbocycles. The lowest BCUT2D eigenvalue weighted by molar-refractivity contribution is -0.126. The number of fused-ring (bicyclic) bond motifs is 3.